The van der Waals surface area contributed by atoms with E-state index in [1.807, 2.05) is 0 Å². The molecule has 6 heteroatoms. The minimum atomic E-state index is -0.791. The van der Waals surface area contributed by atoms with Crippen LogP contribution in [-0.2, 0) is 28.6 Å². The molecule has 0 rings (SSSR count). The molecule has 0 aliphatic rings. The van der Waals surface area contributed by atoms with Gasteiger partial charge in [-0.15, -0.1) is 0 Å². The molecular formula is C66H116O6. The van der Waals surface area contributed by atoms with Gasteiger partial charge in [0, 0.05) is 19.3 Å². The van der Waals surface area contributed by atoms with Crippen molar-refractivity contribution < 1.29 is 28.6 Å². The van der Waals surface area contributed by atoms with Crippen molar-refractivity contribution >= 4 is 17.9 Å². The van der Waals surface area contributed by atoms with Crippen LogP contribution in [0.4, 0.5) is 0 Å². The number of rotatable bonds is 56. The molecule has 0 radical (unpaired) electrons. The Bertz CT molecular complexity index is 1340. The minimum absolute atomic E-state index is 0.0851. The van der Waals surface area contributed by atoms with Crippen LogP contribution < -0.4 is 0 Å². The summed E-state index contributed by atoms with van der Waals surface area (Å²) in [4.78, 5) is 38.2. The van der Waals surface area contributed by atoms with E-state index < -0.39 is 6.10 Å². The van der Waals surface area contributed by atoms with Crippen molar-refractivity contribution in [2.45, 2.75) is 316 Å². The normalized spacial score (nSPS) is 12.5. The van der Waals surface area contributed by atoms with E-state index in [1.54, 1.807) is 0 Å². The molecule has 0 bridgehead atoms. The average Bonchev–Trinajstić information content (AvgIpc) is 3.38. The van der Waals surface area contributed by atoms with Gasteiger partial charge in [0.15, 0.2) is 6.10 Å². The highest BCUT2D eigenvalue weighted by atomic mass is 16.6. The third kappa shape index (κ3) is 57.7. The van der Waals surface area contributed by atoms with Gasteiger partial charge < -0.3 is 14.2 Å². The summed E-state index contributed by atoms with van der Waals surface area (Å²) in [5.41, 5.74) is 0. The summed E-state index contributed by atoms with van der Waals surface area (Å²) < 4.78 is 16.9. The van der Waals surface area contributed by atoms with Crippen molar-refractivity contribution in [2.75, 3.05) is 13.2 Å². The summed E-state index contributed by atoms with van der Waals surface area (Å²) in [7, 11) is 0. The average molecular weight is 1010 g/mol. The van der Waals surface area contributed by atoms with Gasteiger partial charge in [0.25, 0.3) is 0 Å². The first kappa shape index (κ1) is 68.8. The van der Waals surface area contributed by atoms with Crippen molar-refractivity contribution in [1.29, 1.82) is 0 Å². The Kier molecular flexibility index (Phi) is 57.8. The van der Waals surface area contributed by atoms with E-state index in [0.717, 1.165) is 96.3 Å². The SMILES string of the molecule is CC/C=C\C/C=C\C/C=C\C/C=C\C/C=C\C/C=C\CCCCC(=O)OCC(COC(=O)CCCCCCCCCCCCCCC)OC(=O)CCCCCCCCCCCCCCCCCCCCCC. The van der Waals surface area contributed by atoms with Crippen molar-refractivity contribution in [3.8, 4) is 0 Å². The molecule has 1 unspecified atom stereocenters. The molecule has 1 atom stereocenters. The number of allylic oxidation sites excluding steroid dienone is 12. The van der Waals surface area contributed by atoms with Gasteiger partial charge in [-0.05, 0) is 70.6 Å². The summed E-state index contributed by atoms with van der Waals surface area (Å²) in [5, 5.41) is 0. The van der Waals surface area contributed by atoms with Crippen LogP contribution in [0, 0.1) is 0 Å². The lowest BCUT2D eigenvalue weighted by Gasteiger charge is -2.18. The monoisotopic (exact) mass is 1000 g/mol. The fraction of sp³-hybridized carbons (Fsp3) is 0.773. The number of carbonyl (C=O) groups excluding carboxylic acids is 3. The van der Waals surface area contributed by atoms with Crippen LogP contribution in [-0.4, -0.2) is 37.2 Å². The standard InChI is InChI=1S/C66H116O6/c1-4-7-10-13-16-19-22-25-27-29-31-33-35-36-38-41-44-47-50-53-56-59-65(68)71-62-63(61-70-64(67)58-55-52-49-46-43-40-24-21-18-15-12-9-6-3)72-66(69)60-57-54-51-48-45-42-39-37-34-32-30-28-26-23-20-17-14-11-8-5-2/h7,10,16,19,25,27,31,33,36,38,44,47,63H,4-6,8-9,11-15,17-18,20-24,26,28-30,32,34-35,37,39-43,45-46,48-62H2,1-3H3/b10-7-,19-16-,27-25-,33-31-,38-36-,47-44-. The van der Waals surface area contributed by atoms with Gasteiger partial charge in [0.2, 0.25) is 0 Å². The summed E-state index contributed by atoms with van der Waals surface area (Å²) in [6.07, 6.45) is 77.6. The molecule has 0 amide bonds. The first-order valence-electron chi connectivity index (χ1n) is 30.9. The lowest BCUT2D eigenvalue weighted by molar-refractivity contribution is -0.167. The molecule has 0 aliphatic heterocycles. The summed E-state index contributed by atoms with van der Waals surface area (Å²) >= 11 is 0. The number of unbranched alkanes of at least 4 members (excludes halogenated alkanes) is 33. The van der Waals surface area contributed by atoms with E-state index in [4.69, 9.17) is 14.2 Å². The first-order chi connectivity index (χ1) is 35.5. The molecule has 416 valence electrons. The summed E-state index contributed by atoms with van der Waals surface area (Å²) in [5.74, 6) is -0.914. The molecule has 72 heavy (non-hydrogen) atoms. The number of ether oxygens (including phenoxy) is 3. The second-order valence-electron chi connectivity index (χ2n) is 20.6. The van der Waals surface area contributed by atoms with Crippen molar-refractivity contribution in [2.24, 2.45) is 0 Å². The van der Waals surface area contributed by atoms with Gasteiger partial charge >= 0.3 is 17.9 Å². The van der Waals surface area contributed by atoms with Crippen LogP contribution in [0.25, 0.3) is 0 Å². The maximum absolute atomic E-state index is 12.9. The molecule has 0 aromatic rings. The van der Waals surface area contributed by atoms with E-state index >= 15 is 0 Å². The Morgan fingerprint density at radius 2 is 0.542 bits per heavy atom. The van der Waals surface area contributed by atoms with E-state index in [9.17, 15) is 14.4 Å². The zero-order valence-electron chi connectivity index (χ0n) is 47.7. The van der Waals surface area contributed by atoms with Gasteiger partial charge in [-0.3, -0.25) is 14.4 Å². The Balaban J connectivity index is 4.40. The Labute approximate surface area is 446 Å². The van der Waals surface area contributed by atoms with E-state index in [0.29, 0.717) is 19.3 Å². The van der Waals surface area contributed by atoms with Crippen LogP contribution in [0.3, 0.4) is 0 Å². The molecule has 0 aliphatic carbocycles. The van der Waals surface area contributed by atoms with Crippen molar-refractivity contribution in [1.82, 2.24) is 0 Å². The third-order valence-electron chi connectivity index (χ3n) is 13.5. The Morgan fingerprint density at radius 1 is 0.292 bits per heavy atom. The summed E-state index contributed by atoms with van der Waals surface area (Å²) in [6, 6.07) is 0. The minimum Gasteiger partial charge on any atom is -0.462 e. The second-order valence-corrected chi connectivity index (χ2v) is 20.6. The fourth-order valence-electron chi connectivity index (χ4n) is 8.86. The lowest BCUT2D eigenvalue weighted by atomic mass is 10.0. The number of hydrogen-bond donors (Lipinski definition) is 0. The molecule has 6 nitrogen and oxygen atoms in total. The van der Waals surface area contributed by atoms with Crippen LogP contribution in [0.2, 0.25) is 0 Å². The first-order valence-corrected chi connectivity index (χ1v) is 30.9. The zero-order chi connectivity index (χ0) is 52.2. The molecule has 0 saturated heterocycles. The third-order valence-corrected chi connectivity index (χ3v) is 13.5. The molecule has 0 aromatic carbocycles. The predicted octanol–water partition coefficient (Wildman–Crippen LogP) is 20.9. The highest BCUT2D eigenvalue weighted by Gasteiger charge is 2.19. The lowest BCUT2D eigenvalue weighted by Crippen LogP contribution is -2.30. The molecular weight excluding hydrogens is 889 g/mol. The van der Waals surface area contributed by atoms with Gasteiger partial charge in [-0.1, -0.05) is 293 Å². The van der Waals surface area contributed by atoms with E-state index in [1.165, 1.54) is 173 Å². The topological polar surface area (TPSA) is 78.9 Å². The fourth-order valence-corrected chi connectivity index (χ4v) is 8.86. The Morgan fingerprint density at radius 3 is 0.847 bits per heavy atom. The molecule has 0 N–H and O–H groups in total. The van der Waals surface area contributed by atoms with Crippen LogP contribution in [0.1, 0.15) is 310 Å². The van der Waals surface area contributed by atoms with Gasteiger partial charge in [0.05, 0.1) is 0 Å². The van der Waals surface area contributed by atoms with Gasteiger partial charge in [-0.25, -0.2) is 0 Å². The molecule has 0 aromatic heterocycles. The second kappa shape index (κ2) is 60.4. The number of esters is 3. The molecule has 0 saturated carbocycles. The molecule has 0 fully saturated rings. The van der Waals surface area contributed by atoms with E-state index in [-0.39, 0.29) is 31.1 Å². The highest BCUT2D eigenvalue weighted by Crippen LogP contribution is 2.17. The number of carbonyl (C=O) groups is 3. The van der Waals surface area contributed by atoms with Crippen LogP contribution in [0.5, 0.6) is 0 Å². The number of hydrogen-bond acceptors (Lipinski definition) is 6. The maximum atomic E-state index is 12.9. The van der Waals surface area contributed by atoms with Crippen molar-refractivity contribution in [3.63, 3.8) is 0 Å². The molecule has 0 spiro atoms. The van der Waals surface area contributed by atoms with Gasteiger partial charge in [0.1, 0.15) is 13.2 Å². The smallest absolute Gasteiger partial charge is 0.306 e. The maximum Gasteiger partial charge on any atom is 0.306 e. The Hall–Kier alpha value is -3.15. The van der Waals surface area contributed by atoms with Gasteiger partial charge in [-0.2, -0.15) is 0 Å². The van der Waals surface area contributed by atoms with Crippen LogP contribution >= 0.6 is 0 Å². The van der Waals surface area contributed by atoms with E-state index in [2.05, 4.69) is 93.7 Å². The summed E-state index contributed by atoms with van der Waals surface area (Å²) in [6.45, 7) is 6.53. The largest absolute Gasteiger partial charge is 0.462 e. The molecule has 0 heterocycles. The highest BCUT2D eigenvalue weighted by molar-refractivity contribution is 5.71. The van der Waals surface area contributed by atoms with Crippen LogP contribution in [0.15, 0.2) is 72.9 Å². The van der Waals surface area contributed by atoms with Crippen molar-refractivity contribution in [3.05, 3.63) is 72.9 Å². The quantitative estimate of drug-likeness (QED) is 0.0261. The predicted molar refractivity (Wildman–Crippen MR) is 311 cm³/mol. The zero-order valence-corrected chi connectivity index (χ0v) is 47.7.